The van der Waals surface area contributed by atoms with Gasteiger partial charge in [-0.05, 0) is 30.7 Å². The molecular formula is C15H17N3O2S. The Morgan fingerprint density at radius 1 is 1.38 bits per heavy atom. The molecular weight excluding hydrogens is 286 g/mol. The van der Waals surface area contributed by atoms with Crippen LogP contribution in [0.15, 0.2) is 41.6 Å². The second-order valence-electron chi connectivity index (χ2n) is 4.76. The van der Waals surface area contributed by atoms with E-state index in [1.54, 1.807) is 24.1 Å². The lowest BCUT2D eigenvalue weighted by atomic mass is 10.1. The molecule has 1 amide bonds. The summed E-state index contributed by atoms with van der Waals surface area (Å²) in [6, 6.07) is 11.0. The predicted molar refractivity (Wildman–Crippen MR) is 83.8 cm³/mol. The molecule has 0 aliphatic rings. The van der Waals surface area contributed by atoms with E-state index in [1.807, 2.05) is 31.2 Å². The van der Waals surface area contributed by atoms with Crippen LogP contribution in [0.5, 0.6) is 0 Å². The van der Waals surface area contributed by atoms with E-state index in [0.717, 1.165) is 15.3 Å². The van der Waals surface area contributed by atoms with Crippen LogP contribution >= 0.6 is 11.3 Å². The van der Waals surface area contributed by atoms with Crippen molar-refractivity contribution in [1.82, 2.24) is 4.90 Å². The lowest BCUT2D eigenvalue weighted by Crippen LogP contribution is -2.25. The standard InChI is InChI=1S/C15H17N3O2S/c1-10-6-7-13(21-10)15(19)18(2)9-11-4-3-5-12(8-11)14(16)17-20/h3-8,20H,9H2,1-2H3,(H2,16,17). The number of amides is 1. The molecule has 0 radical (unpaired) electrons. The third-order valence-corrected chi connectivity index (χ3v) is 4.04. The van der Waals surface area contributed by atoms with Crippen LogP contribution in [-0.4, -0.2) is 28.9 Å². The van der Waals surface area contributed by atoms with Crippen LogP contribution < -0.4 is 5.73 Å². The van der Waals surface area contributed by atoms with E-state index in [2.05, 4.69) is 5.16 Å². The highest BCUT2D eigenvalue weighted by Gasteiger charge is 2.14. The third kappa shape index (κ3) is 3.61. The molecule has 6 heteroatoms. The Labute approximate surface area is 127 Å². The number of aryl methyl sites for hydroxylation is 1. The van der Waals surface area contributed by atoms with Crippen molar-refractivity contribution < 1.29 is 10.0 Å². The molecule has 21 heavy (non-hydrogen) atoms. The SMILES string of the molecule is Cc1ccc(C(=O)N(C)Cc2cccc(C(N)=NO)c2)s1. The van der Waals surface area contributed by atoms with E-state index in [4.69, 9.17) is 10.9 Å². The van der Waals surface area contributed by atoms with Crippen LogP contribution in [0, 0.1) is 6.92 Å². The van der Waals surface area contributed by atoms with E-state index in [-0.39, 0.29) is 11.7 Å². The van der Waals surface area contributed by atoms with Crippen LogP contribution in [0.4, 0.5) is 0 Å². The number of benzene rings is 1. The molecule has 5 nitrogen and oxygen atoms in total. The maximum absolute atomic E-state index is 12.3. The van der Waals surface area contributed by atoms with Gasteiger partial charge in [0.25, 0.3) is 5.91 Å². The molecule has 0 atom stereocenters. The first-order valence-electron chi connectivity index (χ1n) is 6.40. The van der Waals surface area contributed by atoms with Gasteiger partial charge in [0.2, 0.25) is 0 Å². The lowest BCUT2D eigenvalue weighted by Gasteiger charge is -2.16. The largest absolute Gasteiger partial charge is 0.409 e. The number of oxime groups is 1. The number of rotatable bonds is 4. The second-order valence-corrected chi connectivity index (χ2v) is 6.05. The molecule has 0 saturated heterocycles. The summed E-state index contributed by atoms with van der Waals surface area (Å²) in [5.74, 6) is 0.0435. The van der Waals surface area contributed by atoms with Crippen LogP contribution in [0.3, 0.4) is 0 Å². The molecule has 0 unspecified atom stereocenters. The van der Waals surface area contributed by atoms with Crippen molar-refractivity contribution in [3.8, 4) is 0 Å². The van der Waals surface area contributed by atoms with Gasteiger partial charge in [-0.1, -0.05) is 23.4 Å². The minimum absolute atomic E-state index is 0.0118. The highest BCUT2D eigenvalue weighted by Crippen LogP contribution is 2.18. The zero-order valence-corrected chi connectivity index (χ0v) is 12.7. The Balaban J connectivity index is 2.12. The van der Waals surface area contributed by atoms with Gasteiger partial charge in [0.1, 0.15) is 0 Å². The summed E-state index contributed by atoms with van der Waals surface area (Å²) in [5.41, 5.74) is 7.12. The van der Waals surface area contributed by atoms with Crippen molar-refractivity contribution in [3.05, 3.63) is 57.3 Å². The van der Waals surface area contributed by atoms with Gasteiger partial charge in [-0.3, -0.25) is 4.79 Å². The Morgan fingerprint density at radius 3 is 2.76 bits per heavy atom. The molecule has 2 aromatic rings. The Bertz CT molecular complexity index is 679. The summed E-state index contributed by atoms with van der Waals surface area (Å²) >= 11 is 1.48. The number of amidine groups is 1. The molecule has 110 valence electrons. The number of nitrogens with two attached hydrogens (primary N) is 1. The van der Waals surface area contributed by atoms with E-state index in [1.165, 1.54) is 11.3 Å². The average Bonchev–Trinajstić information content (AvgIpc) is 2.92. The zero-order chi connectivity index (χ0) is 15.4. The predicted octanol–water partition coefficient (Wildman–Crippen LogP) is 2.42. The summed E-state index contributed by atoms with van der Waals surface area (Å²) in [4.78, 5) is 15.8. The third-order valence-electron chi connectivity index (χ3n) is 3.05. The molecule has 1 heterocycles. The first kappa shape index (κ1) is 15.1. The highest BCUT2D eigenvalue weighted by atomic mass is 32.1. The molecule has 3 N–H and O–H groups in total. The number of hydrogen-bond donors (Lipinski definition) is 2. The van der Waals surface area contributed by atoms with E-state index < -0.39 is 0 Å². The monoisotopic (exact) mass is 303 g/mol. The Kier molecular flexibility index (Phi) is 4.59. The van der Waals surface area contributed by atoms with E-state index in [0.29, 0.717) is 12.1 Å². The van der Waals surface area contributed by atoms with E-state index in [9.17, 15) is 4.79 Å². The van der Waals surface area contributed by atoms with Gasteiger partial charge in [0.05, 0.1) is 4.88 Å². The highest BCUT2D eigenvalue weighted by molar-refractivity contribution is 7.13. The zero-order valence-electron chi connectivity index (χ0n) is 11.9. The molecule has 2 rings (SSSR count). The molecule has 0 aliphatic heterocycles. The lowest BCUT2D eigenvalue weighted by molar-refractivity contribution is 0.0790. The first-order chi connectivity index (χ1) is 10.0. The fraction of sp³-hybridized carbons (Fsp3) is 0.200. The Morgan fingerprint density at radius 2 is 2.14 bits per heavy atom. The van der Waals surface area contributed by atoms with Crippen LogP contribution in [0.2, 0.25) is 0 Å². The fourth-order valence-corrected chi connectivity index (χ4v) is 2.83. The molecule has 0 saturated carbocycles. The van der Waals surface area contributed by atoms with Crippen molar-refractivity contribution in [2.45, 2.75) is 13.5 Å². The maximum Gasteiger partial charge on any atom is 0.263 e. The quantitative estimate of drug-likeness (QED) is 0.394. The summed E-state index contributed by atoms with van der Waals surface area (Å²) < 4.78 is 0. The van der Waals surface area contributed by atoms with Crippen molar-refractivity contribution in [2.75, 3.05) is 7.05 Å². The number of hydrogen-bond acceptors (Lipinski definition) is 4. The van der Waals surface area contributed by atoms with Crippen molar-refractivity contribution in [1.29, 1.82) is 0 Å². The van der Waals surface area contributed by atoms with Crippen molar-refractivity contribution >= 4 is 23.1 Å². The normalized spacial score (nSPS) is 11.4. The minimum atomic E-state index is -0.0118. The smallest absolute Gasteiger partial charge is 0.263 e. The number of carbonyl (C=O) groups is 1. The Hall–Kier alpha value is -2.34. The van der Waals surface area contributed by atoms with Gasteiger partial charge in [0.15, 0.2) is 5.84 Å². The molecule has 1 aromatic carbocycles. The number of nitrogens with zero attached hydrogens (tertiary/aromatic N) is 2. The maximum atomic E-state index is 12.3. The molecule has 0 spiro atoms. The minimum Gasteiger partial charge on any atom is -0.409 e. The molecule has 0 aliphatic carbocycles. The van der Waals surface area contributed by atoms with Gasteiger partial charge >= 0.3 is 0 Å². The number of carbonyl (C=O) groups excluding carboxylic acids is 1. The van der Waals surface area contributed by atoms with Gasteiger partial charge in [-0.25, -0.2) is 0 Å². The fourth-order valence-electron chi connectivity index (χ4n) is 1.97. The van der Waals surface area contributed by atoms with Crippen LogP contribution in [-0.2, 0) is 6.54 Å². The first-order valence-corrected chi connectivity index (χ1v) is 7.21. The van der Waals surface area contributed by atoms with Crippen molar-refractivity contribution in [2.24, 2.45) is 10.9 Å². The summed E-state index contributed by atoms with van der Waals surface area (Å²) in [6.07, 6.45) is 0. The van der Waals surface area contributed by atoms with Crippen LogP contribution in [0.25, 0.3) is 0 Å². The molecule has 1 aromatic heterocycles. The number of thiophene rings is 1. The summed E-state index contributed by atoms with van der Waals surface area (Å²) in [7, 11) is 1.76. The van der Waals surface area contributed by atoms with Crippen LogP contribution in [0.1, 0.15) is 25.7 Å². The summed E-state index contributed by atoms with van der Waals surface area (Å²) in [6.45, 7) is 2.43. The second kappa shape index (κ2) is 6.41. The average molecular weight is 303 g/mol. The molecule has 0 bridgehead atoms. The van der Waals surface area contributed by atoms with Crippen molar-refractivity contribution in [3.63, 3.8) is 0 Å². The van der Waals surface area contributed by atoms with Gasteiger partial charge in [-0.2, -0.15) is 0 Å². The molecule has 0 fully saturated rings. The van der Waals surface area contributed by atoms with Gasteiger partial charge < -0.3 is 15.8 Å². The van der Waals surface area contributed by atoms with Gasteiger partial charge in [-0.15, -0.1) is 11.3 Å². The summed E-state index contributed by atoms with van der Waals surface area (Å²) in [5, 5.41) is 11.7. The topological polar surface area (TPSA) is 78.9 Å². The van der Waals surface area contributed by atoms with E-state index >= 15 is 0 Å². The van der Waals surface area contributed by atoms with Gasteiger partial charge in [0, 0.05) is 24.0 Å².